The van der Waals surface area contributed by atoms with Gasteiger partial charge in [0.15, 0.2) is 5.96 Å². The molecule has 130 valence electrons. The number of rotatable bonds is 10. The van der Waals surface area contributed by atoms with Gasteiger partial charge >= 0.3 is 0 Å². The van der Waals surface area contributed by atoms with Crippen molar-refractivity contribution in [3.05, 3.63) is 0 Å². The highest BCUT2D eigenvalue weighted by atomic mass is 32.2. The molecule has 0 spiro atoms. The second kappa shape index (κ2) is 10.8. The molecule has 1 atom stereocenters. The van der Waals surface area contributed by atoms with Gasteiger partial charge in [-0.05, 0) is 25.7 Å². The smallest absolute Gasteiger partial charge is 0.190 e. The van der Waals surface area contributed by atoms with Crippen LogP contribution >= 0.6 is 0 Å². The largest absolute Gasteiger partial charge is 0.379 e. The van der Waals surface area contributed by atoms with E-state index in [4.69, 9.17) is 9.47 Å². The maximum Gasteiger partial charge on any atom is 0.190 e. The highest BCUT2D eigenvalue weighted by Gasteiger charge is 2.14. The third-order valence-electron chi connectivity index (χ3n) is 3.29. The standard InChI is InChI=1S/C14H29N3O4S/c1-15-14(17-8-5-11-22(2,18)19)16-7-4-9-20-12-13-6-3-10-21-13/h13H,3-12H2,1-2H3,(H2,15,16,17). The Labute approximate surface area is 133 Å². The predicted molar refractivity (Wildman–Crippen MR) is 88.1 cm³/mol. The van der Waals surface area contributed by atoms with E-state index < -0.39 is 9.84 Å². The summed E-state index contributed by atoms with van der Waals surface area (Å²) in [7, 11) is -1.20. The fourth-order valence-electron chi connectivity index (χ4n) is 2.13. The number of guanidine groups is 1. The molecule has 1 saturated heterocycles. The molecule has 0 radical (unpaired) electrons. The van der Waals surface area contributed by atoms with Gasteiger partial charge in [-0.3, -0.25) is 4.99 Å². The summed E-state index contributed by atoms with van der Waals surface area (Å²) >= 11 is 0. The van der Waals surface area contributed by atoms with Crippen LogP contribution in [-0.2, 0) is 19.3 Å². The minimum atomic E-state index is -2.89. The molecule has 0 saturated carbocycles. The summed E-state index contributed by atoms with van der Waals surface area (Å²) in [5, 5.41) is 6.26. The molecule has 8 heteroatoms. The highest BCUT2D eigenvalue weighted by molar-refractivity contribution is 7.90. The summed E-state index contributed by atoms with van der Waals surface area (Å²) in [4.78, 5) is 4.09. The molecule has 1 fully saturated rings. The molecule has 1 aliphatic heterocycles. The molecule has 2 N–H and O–H groups in total. The van der Waals surface area contributed by atoms with Crippen LogP contribution in [0.5, 0.6) is 0 Å². The third-order valence-corrected chi connectivity index (χ3v) is 4.32. The van der Waals surface area contributed by atoms with E-state index >= 15 is 0 Å². The number of nitrogens with zero attached hydrogens (tertiary/aromatic N) is 1. The van der Waals surface area contributed by atoms with Gasteiger partial charge in [-0.2, -0.15) is 0 Å². The van der Waals surface area contributed by atoms with Crippen LogP contribution in [0.1, 0.15) is 25.7 Å². The topological polar surface area (TPSA) is 89.0 Å². The van der Waals surface area contributed by atoms with Crippen molar-refractivity contribution in [2.24, 2.45) is 4.99 Å². The Morgan fingerprint density at radius 2 is 2.05 bits per heavy atom. The molecule has 0 amide bonds. The molecule has 0 bridgehead atoms. The van der Waals surface area contributed by atoms with E-state index in [9.17, 15) is 8.42 Å². The van der Waals surface area contributed by atoms with E-state index in [2.05, 4.69) is 15.6 Å². The van der Waals surface area contributed by atoms with Crippen molar-refractivity contribution in [3.8, 4) is 0 Å². The first-order valence-corrected chi connectivity index (χ1v) is 9.89. The van der Waals surface area contributed by atoms with Crippen molar-refractivity contribution in [3.63, 3.8) is 0 Å². The van der Waals surface area contributed by atoms with Gasteiger partial charge in [0.2, 0.25) is 0 Å². The zero-order valence-corrected chi connectivity index (χ0v) is 14.5. The second-order valence-corrected chi connectivity index (χ2v) is 7.73. The first-order chi connectivity index (χ1) is 10.5. The van der Waals surface area contributed by atoms with Gasteiger partial charge in [0.1, 0.15) is 9.84 Å². The lowest BCUT2D eigenvalue weighted by Gasteiger charge is -2.12. The van der Waals surface area contributed by atoms with Crippen molar-refractivity contribution in [2.45, 2.75) is 31.8 Å². The third kappa shape index (κ3) is 9.97. The van der Waals surface area contributed by atoms with E-state index in [-0.39, 0.29) is 11.9 Å². The summed E-state index contributed by atoms with van der Waals surface area (Å²) in [5.74, 6) is 0.876. The Hall–Kier alpha value is -0.860. The van der Waals surface area contributed by atoms with Crippen molar-refractivity contribution in [1.29, 1.82) is 0 Å². The van der Waals surface area contributed by atoms with Gasteiger partial charge in [-0.1, -0.05) is 0 Å². The minimum Gasteiger partial charge on any atom is -0.379 e. The van der Waals surface area contributed by atoms with Crippen molar-refractivity contribution >= 4 is 15.8 Å². The molecule has 0 aromatic heterocycles. The second-order valence-electron chi connectivity index (χ2n) is 5.47. The first-order valence-electron chi connectivity index (χ1n) is 7.83. The van der Waals surface area contributed by atoms with Gasteiger partial charge < -0.3 is 20.1 Å². The van der Waals surface area contributed by atoms with Crippen LogP contribution in [0.25, 0.3) is 0 Å². The molecule has 0 aromatic carbocycles. The Kier molecular flexibility index (Phi) is 9.42. The average molecular weight is 335 g/mol. The number of nitrogens with one attached hydrogen (secondary N) is 2. The Balaban J connectivity index is 1.96. The maximum absolute atomic E-state index is 11.0. The summed E-state index contributed by atoms with van der Waals surface area (Å²) in [6, 6.07) is 0. The van der Waals surface area contributed by atoms with E-state index in [1.54, 1.807) is 7.05 Å². The number of ether oxygens (including phenoxy) is 2. The van der Waals surface area contributed by atoms with Crippen LogP contribution in [0, 0.1) is 0 Å². The van der Waals surface area contributed by atoms with Gasteiger partial charge in [0.05, 0.1) is 18.5 Å². The van der Waals surface area contributed by atoms with Crippen LogP contribution in [0.2, 0.25) is 0 Å². The average Bonchev–Trinajstić information content (AvgIpc) is 2.97. The van der Waals surface area contributed by atoms with Crippen molar-refractivity contribution < 1.29 is 17.9 Å². The molecule has 22 heavy (non-hydrogen) atoms. The molecule has 1 aliphatic rings. The lowest BCUT2D eigenvalue weighted by molar-refractivity contribution is 0.0168. The fraction of sp³-hybridized carbons (Fsp3) is 0.929. The number of hydrogen-bond donors (Lipinski definition) is 2. The van der Waals surface area contributed by atoms with Crippen LogP contribution in [0.15, 0.2) is 4.99 Å². The van der Waals surface area contributed by atoms with Gasteiger partial charge in [-0.25, -0.2) is 8.42 Å². The molecule has 0 aliphatic carbocycles. The predicted octanol–water partition coefficient (Wildman–Crippen LogP) is 0.172. The molecule has 1 heterocycles. The fourth-order valence-corrected chi connectivity index (χ4v) is 2.80. The number of aliphatic imine (C=N–C) groups is 1. The SMILES string of the molecule is CN=C(NCCCOCC1CCCO1)NCCCS(C)(=O)=O. The van der Waals surface area contributed by atoms with Gasteiger partial charge in [0.25, 0.3) is 0 Å². The van der Waals surface area contributed by atoms with Crippen LogP contribution in [-0.4, -0.2) is 72.4 Å². The maximum atomic E-state index is 11.0. The zero-order chi connectivity index (χ0) is 16.3. The van der Waals surface area contributed by atoms with Crippen LogP contribution in [0.4, 0.5) is 0 Å². The van der Waals surface area contributed by atoms with Crippen molar-refractivity contribution in [1.82, 2.24) is 10.6 Å². The van der Waals surface area contributed by atoms with Crippen molar-refractivity contribution in [2.75, 3.05) is 52.0 Å². The monoisotopic (exact) mass is 335 g/mol. The van der Waals surface area contributed by atoms with E-state index in [1.807, 2.05) is 0 Å². The Morgan fingerprint density at radius 1 is 1.32 bits per heavy atom. The molecule has 1 rings (SSSR count). The van der Waals surface area contributed by atoms with E-state index in [0.29, 0.717) is 32.1 Å². The summed E-state index contributed by atoms with van der Waals surface area (Å²) in [6.45, 7) is 3.58. The minimum absolute atomic E-state index is 0.189. The molecular weight excluding hydrogens is 306 g/mol. The summed E-state index contributed by atoms with van der Waals surface area (Å²) in [6.07, 6.45) is 5.22. The van der Waals surface area contributed by atoms with Crippen LogP contribution in [0.3, 0.4) is 0 Å². The lowest BCUT2D eigenvalue weighted by Crippen LogP contribution is -2.38. The Morgan fingerprint density at radius 3 is 2.64 bits per heavy atom. The summed E-state index contributed by atoms with van der Waals surface area (Å²) in [5.41, 5.74) is 0. The van der Waals surface area contributed by atoms with E-state index in [1.165, 1.54) is 6.26 Å². The normalized spacial score (nSPS) is 19.4. The first kappa shape index (κ1) is 19.2. The molecule has 0 aromatic rings. The quantitative estimate of drug-likeness (QED) is 0.336. The van der Waals surface area contributed by atoms with Gasteiger partial charge in [-0.15, -0.1) is 0 Å². The summed E-state index contributed by atoms with van der Waals surface area (Å²) < 4.78 is 33.1. The highest BCUT2D eigenvalue weighted by Crippen LogP contribution is 2.11. The number of hydrogen-bond acceptors (Lipinski definition) is 5. The molecular formula is C14H29N3O4S. The number of sulfone groups is 1. The van der Waals surface area contributed by atoms with Gasteiger partial charge in [0, 0.05) is 39.6 Å². The lowest BCUT2D eigenvalue weighted by atomic mass is 10.2. The molecule has 7 nitrogen and oxygen atoms in total. The Bertz CT molecular complexity index is 420. The molecule has 1 unspecified atom stereocenters. The van der Waals surface area contributed by atoms with Crippen LogP contribution < -0.4 is 10.6 Å². The van der Waals surface area contributed by atoms with E-state index in [0.717, 1.165) is 32.4 Å². The zero-order valence-electron chi connectivity index (χ0n) is 13.6.